The molecule has 1 atom stereocenters. The molecule has 1 fully saturated rings. The Hall–Kier alpha value is -3.69. The SMILES string of the molecule is CC(C)(C)OC(=O)N1CCC[C@@]1(C)C(=O)Nc1cc(C(F)(F)F)ccc1C1=C(N)Nc2ccccc2C1. The maximum atomic E-state index is 13.6. The molecular weight excluding hydrogens is 485 g/mol. The Morgan fingerprint density at radius 3 is 2.51 bits per heavy atom. The third-order valence-electron chi connectivity index (χ3n) is 6.64. The number of anilines is 2. The molecule has 198 valence electrons. The van der Waals surface area contributed by atoms with Crippen LogP contribution in [0.5, 0.6) is 0 Å². The topological polar surface area (TPSA) is 96.7 Å². The molecule has 4 N–H and O–H groups in total. The van der Waals surface area contributed by atoms with E-state index in [1.807, 2.05) is 24.3 Å². The molecule has 0 saturated carbocycles. The van der Waals surface area contributed by atoms with E-state index in [9.17, 15) is 22.8 Å². The molecular formula is C27H31F3N4O3. The zero-order valence-corrected chi connectivity index (χ0v) is 21.3. The van der Waals surface area contributed by atoms with Gasteiger partial charge in [-0.2, -0.15) is 13.2 Å². The number of benzene rings is 2. The van der Waals surface area contributed by atoms with Crippen LogP contribution in [0.15, 0.2) is 48.3 Å². The first-order chi connectivity index (χ1) is 17.2. The molecule has 37 heavy (non-hydrogen) atoms. The summed E-state index contributed by atoms with van der Waals surface area (Å²) in [6.07, 6.45) is -4.00. The van der Waals surface area contributed by atoms with Crippen molar-refractivity contribution in [3.05, 3.63) is 65.0 Å². The molecule has 4 rings (SSSR count). The maximum Gasteiger partial charge on any atom is 0.416 e. The standard InChI is InChI=1S/C27H31F3N4O3/c1-25(2,3)37-24(36)34-13-7-12-26(34,4)23(35)33-21-15-17(27(28,29)30)10-11-18(21)19-14-16-8-5-6-9-20(16)32-22(19)31/h5-6,8-11,15,32H,7,12-14,31H2,1-4H3,(H,33,35)/t26-/m0/s1. The first-order valence-electron chi connectivity index (χ1n) is 12.1. The highest BCUT2D eigenvalue weighted by molar-refractivity contribution is 6.02. The van der Waals surface area contributed by atoms with Crippen molar-refractivity contribution in [1.29, 1.82) is 0 Å². The van der Waals surface area contributed by atoms with E-state index >= 15 is 0 Å². The number of hydrogen-bond acceptors (Lipinski definition) is 5. The first-order valence-corrected chi connectivity index (χ1v) is 12.1. The van der Waals surface area contributed by atoms with Gasteiger partial charge < -0.3 is 21.1 Å². The van der Waals surface area contributed by atoms with Crippen molar-refractivity contribution in [3.63, 3.8) is 0 Å². The van der Waals surface area contributed by atoms with Crippen molar-refractivity contribution in [2.45, 2.75) is 64.3 Å². The van der Waals surface area contributed by atoms with Crippen molar-refractivity contribution in [2.24, 2.45) is 5.73 Å². The Morgan fingerprint density at radius 1 is 1.14 bits per heavy atom. The number of hydrogen-bond donors (Lipinski definition) is 3. The maximum absolute atomic E-state index is 13.6. The van der Waals surface area contributed by atoms with Gasteiger partial charge in [0, 0.05) is 35.5 Å². The number of rotatable bonds is 3. The molecule has 0 bridgehead atoms. The Labute approximate surface area is 213 Å². The van der Waals surface area contributed by atoms with Crippen LogP contribution in [0.3, 0.4) is 0 Å². The van der Waals surface area contributed by atoms with E-state index in [1.54, 1.807) is 27.7 Å². The lowest BCUT2D eigenvalue weighted by atomic mass is 9.91. The second-order valence-corrected chi connectivity index (χ2v) is 10.6. The molecule has 2 aromatic carbocycles. The number of amides is 2. The number of para-hydroxylation sites is 1. The molecule has 2 aliphatic rings. The highest BCUT2D eigenvalue weighted by atomic mass is 19.4. The van der Waals surface area contributed by atoms with Crippen LogP contribution in [0.25, 0.3) is 5.57 Å². The summed E-state index contributed by atoms with van der Waals surface area (Å²) in [5.41, 5.74) is 5.94. The molecule has 1 saturated heterocycles. The minimum atomic E-state index is -4.62. The van der Waals surface area contributed by atoms with E-state index in [1.165, 1.54) is 11.0 Å². The highest BCUT2D eigenvalue weighted by Crippen LogP contribution is 2.39. The van der Waals surface area contributed by atoms with Gasteiger partial charge in [0.1, 0.15) is 17.0 Å². The smallest absolute Gasteiger partial charge is 0.416 e. The lowest BCUT2D eigenvalue weighted by molar-refractivity contribution is -0.137. The number of nitrogens with zero attached hydrogens (tertiary/aromatic N) is 1. The molecule has 0 unspecified atom stereocenters. The largest absolute Gasteiger partial charge is 0.444 e. The number of nitrogens with two attached hydrogens (primary N) is 1. The predicted molar refractivity (Wildman–Crippen MR) is 136 cm³/mol. The van der Waals surface area contributed by atoms with Crippen molar-refractivity contribution in [2.75, 3.05) is 17.2 Å². The number of alkyl halides is 3. The van der Waals surface area contributed by atoms with Crippen LogP contribution in [0.2, 0.25) is 0 Å². The zero-order chi connectivity index (χ0) is 27.2. The van der Waals surface area contributed by atoms with Gasteiger partial charge in [-0.15, -0.1) is 0 Å². The minimum absolute atomic E-state index is 0.0313. The molecule has 0 radical (unpaired) electrons. The molecule has 0 aromatic heterocycles. The normalized spacial score (nSPS) is 19.8. The summed E-state index contributed by atoms with van der Waals surface area (Å²) < 4.78 is 46.3. The Balaban J connectivity index is 1.71. The predicted octanol–water partition coefficient (Wildman–Crippen LogP) is 5.73. The number of halogens is 3. The van der Waals surface area contributed by atoms with E-state index < -0.39 is 34.9 Å². The van der Waals surface area contributed by atoms with Crippen LogP contribution in [0.4, 0.5) is 29.3 Å². The monoisotopic (exact) mass is 516 g/mol. The van der Waals surface area contributed by atoms with Gasteiger partial charge in [0.05, 0.1) is 5.56 Å². The summed E-state index contributed by atoms with van der Waals surface area (Å²) >= 11 is 0. The summed E-state index contributed by atoms with van der Waals surface area (Å²) in [6, 6.07) is 10.7. The summed E-state index contributed by atoms with van der Waals surface area (Å²) in [6.45, 7) is 7.07. The molecule has 2 amide bonds. The first kappa shape index (κ1) is 26.4. The van der Waals surface area contributed by atoms with Crippen LogP contribution in [0, 0.1) is 0 Å². The molecule has 2 aromatic rings. The van der Waals surface area contributed by atoms with Gasteiger partial charge in [0.25, 0.3) is 0 Å². The van der Waals surface area contributed by atoms with E-state index in [-0.39, 0.29) is 11.5 Å². The highest BCUT2D eigenvalue weighted by Gasteiger charge is 2.47. The number of ether oxygens (including phenoxy) is 1. The molecule has 0 spiro atoms. The molecule has 7 nitrogen and oxygen atoms in total. The van der Waals surface area contributed by atoms with E-state index in [2.05, 4.69) is 10.6 Å². The number of likely N-dealkylation sites (tertiary alicyclic amines) is 1. The second kappa shape index (κ2) is 9.32. The van der Waals surface area contributed by atoms with Gasteiger partial charge in [0.15, 0.2) is 0 Å². The number of nitrogens with one attached hydrogen (secondary N) is 2. The van der Waals surface area contributed by atoms with Gasteiger partial charge in [-0.05, 0) is 64.3 Å². The summed E-state index contributed by atoms with van der Waals surface area (Å²) in [4.78, 5) is 27.8. The summed E-state index contributed by atoms with van der Waals surface area (Å²) in [5.74, 6) is -0.309. The average molecular weight is 517 g/mol. The van der Waals surface area contributed by atoms with E-state index in [4.69, 9.17) is 10.5 Å². The third kappa shape index (κ3) is 5.38. The minimum Gasteiger partial charge on any atom is -0.444 e. The number of allylic oxidation sites excluding steroid dienone is 1. The lowest BCUT2D eigenvalue weighted by Gasteiger charge is -2.35. The number of carbonyl (C=O) groups excluding carboxylic acids is 2. The lowest BCUT2D eigenvalue weighted by Crippen LogP contribution is -2.54. The van der Waals surface area contributed by atoms with Gasteiger partial charge in [0.2, 0.25) is 5.91 Å². The Kier molecular flexibility index (Phi) is 6.64. The van der Waals surface area contributed by atoms with Crippen LogP contribution < -0.4 is 16.4 Å². The van der Waals surface area contributed by atoms with Crippen LogP contribution in [-0.4, -0.2) is 34.6 Å². The van der Waals surface area contributed by atoms with Crippen molar-refractivity contribution >= 4 is 28.9 Å². The Bertz CT molecular complexity index is 1270. The van der Waals surface area contributed by atoms with E-state index in [0.717, 1.165) is 23.4 Å². The van der Waals surface area contributed by atoms with E-state index in [0.29, 0.717) is 36.9 Å². The second-order valence-electron chi connectivity index (χ2n) is 10.6. The van der Waals surface area contributed by atoms with Gasteiger partial charge in [-0.1, -0.05) is 24.3 Å². The average Bonchev–Trinajstić information content (AvgIpc) is 3.20. The van der Waals surface area contributed by atoms with Crippen molar-refractivity contribution in [1.82, 2.24) is 4.90 Å². The number of fused-ring (bicyclic) bond motifs is 1. The molecule has 10 heteroatoms. The fourth-order valence-electron chi connectivity index (χ4n) is 4.70. The molecule has 2 heterocycles. The molecule has 2 aliphatic heterocycles. The fourth-order valence-corrected chi connectivity index (χ4v) is 4.70. The van der Waals surface area contributed by atoms with Crippen molar-refractivity contribution in [3.8, 4) is 0 Å². The Morgan fingerprint density at radius 2 is 1.84 bits per heavy atom. The van der Waals surface area contributed by atoms with Crippen LogP contribution in [-0.2, 0) is 22.1 Å². The van der Waals surface area contributed by atoms with Crippen LogP contribution >= 0.6 is 0 Å². The fraction of sp³-hybridized carbons (Fsp3) is 0.407. The van der Waals surface area contributed by atoms with Gasteiger partial charge >= 0.3 is 12.3 Å². The molecule has 0 aliphatic carbocycles. The van der Waals surface area contributed by atoms with Crippen LogP contribution in [0.1, 0.15) is 57.2 Å². The van der Waals surface area contributed by atoms with Gasteiger partial charge in [-0.3, -0.25) is 9.69 Å². The third-order valence-corrected chi connectivity index (χ3v) is 6.64. The zero-order valence-electron chi connectivity index (χ0n) is 21.3. The quantitative estimate of drug-likeness (QED) is 0.484. The summed E-state index contributed by atoms with van der Waals surface area (Å²) in [5, 5.41) is 5.78. The summed E-state index contributed by atoms with van der Waals surface area (Å²) in [7, 11) is 0. The number of carbonyl (C=O) groups is 2. The van der Waals surface area contributed by atoms with Crippen molar-refractivity contribution < 1.29 is 27.5 Å². The van der Waals surface area contributed by atoms with Gasteiger partial charge in [-0.25, -0.2) is 4.79 Å².